The highest BCUT2D eigenvalue weighted by atomic mass is 16.5. The number of ether oxygens (including phenoxy) is 3. The average molecular weight is 505 g/mol. The van der Waals surface area contributed by atoms with Gasteiger partial charge in [-0.25, -0.2) is 0 Å². The van der Waals surface area contributed by atoms with Crippen LogP contribution in [-0.2, 0) is 19.3 Å². The summed E-state index contributed by atoms with van der Waals surface area (Å²) in [5.41, 5.74) is 8.10. The molecule has 0 fully saturated rings. The summed E-state index contributed by atoms with van der Waals surface area (Å²) in [7, 11) is 0. The lowest BCUT2D eigenvalue weighted by Gasteiger charge is -2.16. The summed E-state index contributed by atoms with van der Waals surface area (Å²) in [6.07, 6.45) is 7.02. The molecule has 3 heterocycles. The van der Waals surface area contributed by atoms with E-state index in [-0.39, 0.29) is 0 Å². The summed E-state index contributed by atoms with van der Waals surface area (Å²) in [6.45, 7) is 17.0. The quantitative estimate of drug-likeness (QED) is 0.306. The van der Waals surface area contributed by atoms with Crippen LogP contribution in [-0.4, -0.2) is 19.8 Å². The molecule has 202 valence electrons. The molecule has 0 bridgehead atoms. The molecule has 3 nitrogen and oxygen atoms in total. The predicted octanol–water partition coefficient (Wildman–Crippen LogP) is 9.01. The minimum absolute atomic E-state index is 0.885. The number of fused-ring (bicyclic) bond motifs is 3. The predicted molar refractivity (Wildman–Crippen MR) is 158 cm³/mol. The average Bonchev–Trinajstić information content (AvgIpc) is 2.96. The summed E-state index contributed by atoms with van der Waals surface area (Å²) < 4.78 is 16.4. The Balaban J connectivity index is 0.000000183. The first-order valence-electron chi connectivity index (χ1n) is 14.3. The monoisotopic (exact) mass is 504 g/mol. The van der Waals surface area contributed by atoms with E-state index in [1.165, 1.54) is 52.6 Å². The molecule has 3 aromatic carbocycles. The Morgan fingerprint density at radius 3 is 0.973 bits per heavy atom. The number of hydrogen-bond acceptors (Lipinski definition) is 3. The second-order valence-electron chi connectivity index (χ2n) is 9.19. The van der Waals surface area contributed by atoms with E-state index in [2.05, 4.69) is 75.4 Å². The van der Waals surface area contributed by atoms with E-state index >= 15 is 0 Å². The van der Waals surface area contributed by atoms with Crippen molar-refractivity contribution in [2.24, 2.45) is 0 Å². The molecule has 0 radical (unpaired) electrons. The van der Waals surface area contributed by atoms with Crippen molar-refractivity contribution in [3.05, 3.63) is 88.0 Å². The molecule has 37 heavy (non-hydrogen) atoms. The summed E-state index contributed by atoms with van der Waals surface area (Å²) in [6, 6.07) is 19.2. The van der Waals surface area contributed by atoms with E-state index in [1.807, 2.05) is 27.7 Å². The Labute approximate surface area is 226 Å². The van der Waals surface area contributed by atoms with Crippen LogP contribution in [0, 0.1) is 20.8 Å². The summed E-state index contributed by atoms with van der Waals surface area (Å²) in [4.78, 5) is 0. The van der Waals surface area contributed by atoms with Gasteiger partial charge < -0.3 is 14.2 Å². The highest BCUT2D eigenvalue weighted by Crippen LogP contribution is 2.26. The lowest BCUT2D eigenvalue weighted by molar-refractivity contribution is 0.288. The molecule has 0 atom stereocenters. The smallest absolute Gasteiger partial charge is 0.122 e. The van der Waals surface area contributed by atoms with Crippen LogP contribution < -0.4 is 14.2 Å². The molecular formula is C34H48O3. The van der Waals surface area contributed by atoms with E-state index in [1.54, 1.807) is 0 Å². The van der Waals surface area contributed by atoms with Gasteiger partial charge in [-0.3, -0.25) is 0 Å². The molecule has 0 aliphatic carbocycles. The van der Waals surface area contributed by atoms with Crippen LogP contribution >= 0.6 is 0 Å². The Hall–Kier alpha value is -2.94. The number of hydrogen-bond donors (Lipinski definition) is 0. The zero-order valence-electron chi connectivity index (χ0n) is 24.3. The SMILES string of the molecule is CC.CC.Cc1ccc2c(c1)CCCO2.Cc1ccc2c(c1)CCCO2.Cc1ccc2c(c1)CCCO2. The number of benzene rings is 3. The molecule has 0 unspecified atom stereocenters. The molecule has 3 aliphatic heterocycles. The first-order chi connectivity index (χ1) is 18.1. The van der Waals surface area contributed by atoms with Crippen LogP contribution in [0.5, 0.6) is 17.2 Å². The van der Waals surface area contributed by atoms with Gasteiger partial charge in [0.05, 0.1) is 19.8 Å². The van der Waals surface area contributed by atoms with Gasteiger partial charge >= 0.3 is 0 Å². The Kier molecular flexibility index (Phi) is 13.7. The van der Waals surface area contributed by atoms with Gasteiger partial charge in [0, 0.05) is 0 Å². The van der Waals surface area contributed by atoms with E-state index in [0.29, 0.717) is 0 Å². The zero-order chi connectivity index (χ0) is 27.0. The summed E-state index contributed by atoms with van der Waals surface area (Å²) >= 11 is 0. The van der Waals surface area contributed by atoms with Crippen molar-refractivity contribution in [2.75, 3.05) is 19.8 Å². The van der Waals surface area contributed by atoms with Crippen molar-refractivity contribution in [3.63, 3.8) is 0 Å². The van der Waals surface area contributed by atoms with Crippen molar-refractivity contribution >= 4 is 0 Å². The molecule has 0 aromatic heterocycles. The first-order valence-corrected chi connectivity index (χ1v) is 14.3. The van der Waals surface area contributed by atoms with Crippen molar-refractivity contribution < 1.29 is 14.2 Å². The van der Waals surface area contributed by atoms with Crippen LogP contribution in [0.3, 0.4) is 0 Å². The van der Waals surface area contributed by atoms with Crippen LogP contribution in [0.4, 0.5) is 0 Å². The van der Waals surface area contributed by atoms with E-state index < -0.39 is 0 Å². The van der Waals surface area contributed by atoms with Crippen molar-refractivity contribution in [2.45, 2.75) is 87.0 Å². The third kappa shape index (κ3) is 9.80. The number of aryl methyl sites for hydroxylation is 6. The van der Waals surface area contributed by atoms with Gasteiger partial charge in [-0.05, 0) is 94.2 Å². The van der Waals surface area contributed by atoms with Crippen LogP contribution in [0.2, 0.25) is 0 Å². The van der Waals surface area contributed by atoms with E-state index in [0.717, 1.165) is 56.3 Å². The van der Waals surface area contributed by atoms with Crippen LogP contribution in [0.25, 0.3) is 0 Å². The van der Waals surface area contributed by atoms with Crippen LogP contribution in [0.15, 0.2) is 54.6 Å². The first kappa shape index (κ1) is 30.3. The highest BCUT2D eigenvalue weighted by molar-refractivity contribution is 5.39. The fourth-order valence-electron chi connectivity index (χ4n) is 4.47. The van der Waals surface area contributed by atoms with Gasteiger partial charge in [-0.2, -0.15) is 0 Å². The summed E-state index contributed by atoms with van der Waals surface area (Å²) in [5.74, 6) is 3.26. The van der Waals surface area contributed by atoms with Crippen molar-refractivity contribution in [3.8, 4) is 17.2 Å². The maximum atomic E-state index is 5.48. The minimum Gasteiger partial charge on any atom is -0.493 e. The standard InChI is InChI=1S/3C10H12O.2C2H6/c3*1-8-4-5-10-9(7-8)3-2-6-11-10;2*1-2/h3*4-5,7H,2-3,6H2,1H3;2*1-2H3. The van der Waals surface area contributed by atoms with Gasteiger partial charge in [0.2, 0.25) is 0 Å². The highest BCUT2D eigenvalue weighted by Gasteiger charge is 2.10. The lowest BCUT2D eigenvalue weighted by atomic mass is 10.0. The van der Waals surface area contributed by atoms with Gasteiger partial charge in [-0.15, -0.1) is 0 Å². The van der Waals surface area contributed by atoms with Crippen molar-refractivity contribution in [1.29, 1.82) is 0 Å². The lowest BCUT2D eigenvalue weighted by Crippen LogP contribution is -2.07. The second kappa shape index (κ2) is 16.7. The molecule has 3 heteroatoms. The Morgan fingerprint density at radius 1 is 0.432 bits per heavy atom. The van der Waals surface area contributed by atoms with Crippen LogP contribution in [0.1, 0.15) is 80.3 Å². The normalized spacial score (nSPS) is 14.0. The van der Waals surface area contributed by atoms with E-state index in [9.17, 15) is 0 Å². The van der Waals surface area contributed by atoms with Gasteiger partial charge in [0.1, 0.15) is 17.2 Å². The minimum atomic E-state index is 0.885. The maximum absolute atomic E-state index is 5.48. The van der Waals surface area contributed by atoms with Crippen molar-refractivity contribution in [1.82, 2.24) is 0 Å². The fraction of sp³-hybridized carbons (Fsp3) is 0.471. The molecule has 3 aromatic rings. The fourth-order valence-corrected chi connectivity index (χ4v) is 4.47. The zero-order valence-corrected chi connectivity index (χ0v) is 24.3. The Morgan fingerprint density at radius 2 is 0.703 bits per heavy atom. The third-order valence-electron chi connectivity index (χ3n) is 6.19. The molecule has 0 N–H and O–H groups in total. The molecule has 3 aliphatic rings. The molecule has 0 spiro atoms. The van der Waals surface area contributed by atoms with Gasteiger partial charge in [0.25, 0.3) is 0 Å². The van der Waals surface area contributed by atoms with E-state index in [4.69, 9.17) is 14.2 Å². The molecule has 0 saturated heterocycles. The summed E-state index contributed by atoms with van der Waals surface area (Å²) in [5, 5.41) is 0. The Bertz CT molecular complexity index is 934. The van der Waals surface area contributed by atoms with Gasteiger partial charge in [0.15, 0.2) is 0 Å². The third-order valence-corrected chi connectivity index (χ3v) is 6.19. The second-order valence-corrected chi connectivity index (χ2v) is 9.19. The maximum Gasteiger partial charge on any atom is 0.122 e. The van der Waals surface area contributed by atoms with Gasteiger partial charge in [-0.1, -0.05) is 80.8 Å². The largest absolute Gasteiger partial charge is 0.493 e. The molecule has 6 rings (SSSR count). The topological polar surface area (TPSA) is 27.7 Å². The molecular weight excluding hydrogens is 456 g/mol. The molecule has 0 saturated carbocycles. The molecule has 0 amide bonds. The number of rotatable bonds is 0.